The standard InChI is InChI=1S/C18H21N3O5S/c1-13-7-4-5-8-15(13)11-19-18(22)12-20(27(3,25)26)16-9-6-10-17(14(16)2)21(23)24/h4-10H,11-12H2,1-3H3,(H,19,22). The molecule has 0 aliphatic carbocycles. The van der Waals surface area contributed by atoms with Gasteiger partial charge in [0.25, 0.3) is 5.69 Å². The minimum absolute atomic E-state index is 0.109. The van der Waals surface area contributed by atoms with Gasteiger partial charge in [0.05, 0.1) is 22.4 Å². The number of nitro benzene ring substituents is 1. The van der Waals surface area contributed by atoms with Crippen molar-refractivity contribution in [2.45, 2.75) is 20.4 Å². The van der Waals surface area contributed by atoms with Crippen LogP contribution in [-0.4, -0.2) is 32.0 Å². The van der Waals surface area contributed by atoms with Crippen LogP contribution < -0.4 is 9.62 Å². The zero-order chi connectivity index (χ0) is 20.2. The Labute approximate surface area is 158 Å². The van der Waals surface area contributed by atoms with Gasteiger partial charge in [-0.1, -0.05) is 30.3 Å². The fraction of sp³-hybridized carbons (Fsp3) is 0.278. The first-order valence-electron chi connectivity index (χ1n) is 8.14. The summed E-state index contributed by atoms with van der Waals surface area (Å²) in [6.45, 7) is 3.16. The van der Waals surface area contributed by atoms with E-state index in [1.165, 1.54) is 25.1 Å². The van der Waals surface area contributed by atoms with Crippen molar-refractivity contribution in [2.75, 3.05) is 17.1 Å². The van der Waals surface area contributed by atoms with Crippen LogP contribution in [0.3, 0.4) is 0 Å². The maximum atomic E-state index is 12.3. The number of aryl methyl sites for hydroxylation is 1. The van der Waals surface area contributed by atoms with Gasteiger partial charge in [-0.15, -0.1) is 0 Å². The molecule has 0 saturated carbocycles. The number of benzene rings is 2. The first-order valence-corrected chi connectivity index (χ1v) is 9.99. The molecule has 0 aliphatic rings. The highest BCUT2D eigenvalue weighted by molar-refractivity contribution is 7.92. The average Bonchev–Trinajstić information content (AvgIpc) is 2.58. The van der Waals surface area contributed by atoms with Crippen molar-refractivity contribution < 1.29 is 18.1 Å². The number of rotatable bonds is 7. The Bertz CT molecular complexity index is 973. The molecule has 27 heavy (non-hydrogen) atoms. The molecule has 0 bridgehead atoms. The van der Waals surface area contributed by atoms with Crippen LogP contribution in [0.1, 0.15) is 16.7 Å². The molecule has 0 aromatic heterocycles. The lowest BCUT2D eigenvalue weighted by molar-refractivity contribution is -0.385. The van der Waals surface area contributed by atoms with Gasteiger partial charge in [0, 0.05) is 12.6 Å². The van der Waals surface area contributed by atoms with E-state index in [0.29, 0.717) is 0 Å². The van der Waals surface area contributed by atoms with Gasteiger partial charge in [-0.05, 0) is 31.0 Å². The van der Waals surface area contributed by atoms with Gasteiger partial charge in [-0.3, -0.25) is 19.2 Å². The van der Waals surface area contributed by atoms with E-state index in [0.717, 1.165) is 21.7 Å². The molecule has 2 rings (SSSR count). The number of carbonyl (C=O) groups excluding carboxylic acids is 1. The van der Waals surface area contributed by atoms with E-state index in [4.69, 9.17) is 0 Å². The third kappa shape index (κ3) is 5.04. The summed E-state index contributed by atoms with van der Waals surface area (Å²) in [6.07, 6.45) is 0.958. The third-order valence-electron chi connectivity index (χ3n) is 4.17. The average molecular weight is 391 g/mol. The number of anilines is 1. The molecule has 0 unspecified atom stereocenters. The topological polar surface area (TPSA) is 110 Å². The zero-order valence-electron chi connectivity index (χ0n) is 15.3. The second kappa shape index (κ2) is 8.17. The van der Waals surface area contributed by atoms with Crippen LogP contribution in [0.2, 0.25) is 0 Å². The van der Waals surface area contributed by atoms with Gasteiger partial charge >= 0.3 is 0 Å². The molecule has 0 heterocycles. The first kappa shape index (κ1) is 20.4. The summed E-state index contributed by atoms with van der Waals surface area (Å²) in [5, 5.41) is 13.8. The van der Waals surface area contributed by atoms with Gasteiger partial charge in [-0.25, -0.2) is 8.42 Å². The van der Waals surface area contributed by atoms with E-state index < -0.39 is 27.4 Å². The van der Waals surface area contributed by atoms with Crippen molar-refractivity contribution in [3.05, 3.63) is 69.3 Å². The Morgan fingerprint density at radius 1 is 1.15 bits per heavy atom. The lowest BCUT2D eigenvalue weighted by atomic mass is 10.1. The number of sulfonamides is 1. The zero-order valence-corrected chi connectivity index (χ0v) is 16.1. The third-order valence-corrected chi connectivity index (χ3v) is 5.29. The number of nitro groups is 1. The molecule has 9 heteroatoms. The molecule has 0 fully saturated rings. The Kier molecular flexibility index (Phi) is 6.17. The maximum Gasteiger partial charge on any atom is 0.274 e. The van der Waals surface area contributed by atoms with Gasteiger partial charge in [0.15, 0.2) is 0 Å². The number of nitrogens with zero attached hydrogens (tertiary/aromatic N) is 2. The molecule has 1 N–H and O–H groups in total. The van der Waals surface area contributed by atoms with Crippen LogP contribution in [-0.2, 0) is 21.4 Å². The first-order chi connectivity index (χ1) is 12.6. The molecule has 0 aliphatic heterocycles. The molecule has 2 aromatic carbocycles. The smallest absolute Gasteiger partial charge is 0.274 e. The Hall–Kier alpha value is -2.94. The van der Waals surface area contributed by atoms with Crippen LogP contribution >= 0.6 is 0 Å². The van der Waals surface area contributed by atoms with Gasteiger partial charge in [0.2, 0.25) is 15.9 Å². The molecule has 0 saturated heterocycles. The number of carbonyl (C=O) groups is 1. The highest BCUT2D eigenvalue weighted by Crippen LogP contribution is 2.29. The highest BCUT2D eigenvalue weighted by atomic mass is 32.2. The molecule has 1 amide bonds. The normalized spacial score (nSPS) is 11.1. The molecular formula is C18H21N3O5S. The number of hydrogen-bond donors (Lipinski definition) is 1. The van der Waals surface area contributed by atoms with Crippen LogP contribution in [0, 0.1) is 24.0 Å². The van der Waals surface area contributed by atoms with Crippen molar-refractivity contribution in [2.24, 2.45) is 0 Å². The van der Waals surface area contributed by atoms with E-state index in [9.17, 15) is 23.3 Å². The van der Waals surface area contributed by atoms with Gasteiger partial charge < -0.3 is 5.32 Å². The van der Waals surface area contributed by atoms with E-state index in [1.807, 2.05) is 31.2 Å². The monoisotopic (exact) mass is 391 g/mol. The summed E-state index contributed by atoms with van der Waals surface area (Å²) >= 11 is 0. The summed E-state index contributed by atoms with van der Waals surface area (Å²) in [5.74, 6) is -0.505. The highest BCUT2D eigenvalue weighted by Gasteiger charge is 2.25. The van der Waals surface area contributed by atoms with E-state index in [2.05, 4.69) is 5.32 Å². The Morgan fingerprint density at radius 3 is 2.41 bits per heavy atom. The van der Waals surface area contributed by atoms with Crippen LogP contribution in [0.5, 0.6) is 0 Å². The molecular weight excluding hydrogens is 370 g/mol. The Balaban J connectivity index is 2.24. The fourth-order valence-corrected chi connectivity index (χ4v) is 3.56. The van der Waals surface area contributed by atoms with E-state index in [1.54, 1.807) is 0 Å². The van der Waals surface area contributed by atoms with Gasteiger partial charge in [-0.2, -0.15) is 0 Å². The minimum Gasteiger partial charge on any atom is -0.350 e. The van der Waals surface area contributed by atoms with Crippen LogP contribution in [0.4, 0.5) is 11.4 Å². The summed E-state index contributed by atoms with van der Waals surface area (Å²) in [4.78, 5) is 22.9. The van der Waals surface area contributed by atoms with Crippen molar-refractivity contribution in [3.8, 4) is 0 Å². The summed E-state index contributed by atoms with van der Waals surface area (Å²) < 4.78 is 25.3. The predicted octanol–water partition coefficient (Wildman–Crippen LogP) is 2.29. The maximum absolute atomic E-state index is 12.3. The minimum atomic E-state index is -3.82. The van der Waals surface area contributed by atoms with Gasteiger partial charge in [0.1, 0.15) is 6.54 Å². The van der Waals surface area contributed by atoms with Crippen LogP contribution in [0.25, 0.3) is 0 Å². The number of nitrogens with one attached hydrogen (secondary N) is 1. The molecule has 8 nitrogen and oxygen atoms in total. The molecule has 0 spiro atoms. The molecule has 2 aromatic rings. The second-order valence-electron chi connectivity index (χ2n) is 6.15. The van der Waals surface area contributed by atoms with E-state index >= 15 is 0 Å². The lowest BCUT2D eigenvalue weighted by Crippen LogP contribution is -2.40. The number of hydrogen-bond acceptors (Lipinski definition) is 5. The van der Waals surface area contributed by atoms with Crippen molar-refractivity contribution in [1.82, 2.24) is 5.32 Å². The van der Waals surface area contributed by atoms with Crippen molar-refractivity contribution >= 4 is 27.3 Å². The fourth-order valence-electron chi connectivity index (χ4n) is 2.65. The quantitative estimate of drug-likeness (QED) is 0.575. The number of amides is 1. The summed E-state index contributed by atoms with van der Waals surface area (Å²) in [7, 11) is -3.82. The van der Waals surface area contributed by atoms with Crippen molar-refractivity contribution in [3.63, 3.8) is 0 Å². The predicted molar refractivity (Wildman–Crippen MR) is 103 cm³/mol. The second-order valence-corrected chi connectivity index (χ2v) is 8.06. The largest absolute Gasteiger partial charge is 0.350 e. The molecule has 0 radical (unpaired) electrons. The SMILES string of the molecule is Cc1ccccc1CNC(=O)CN(c1cccc([N+](=O)[O-])c1C)S(C)(=O)=O. The van der Waals surface area contributed by atoms with Crippen molar-refractivity contribution in [1.29, 1.82) is 0 Å². The van der Waals surface area contributed by atoms with Crippen LogP contribution in [0.15, 0.2) is 42.5 Å². The molecule has 144 valence electrons. The Morgan fingerprint density at radius 2 is 1.81 bits per heavy atom. The lowest BCUT2D eigenvalue weighted by Gasteiger charge is -2.23. The summed E-state index contributed by atoms with van der Waals surface area (Å²) in [5.41, 5.74) is 2.01. The van der Waals surface area contributed by atoms with E-state index in [-0.39, 0.29) is 23.5 Å². The molecule has 0 atom stereocenters. The summed E-state index contributed by atoms with van der Waals surface area (Å²) in [6, 6.07) is 11.6.